The van der Waals surface area contributed by atoms with E-state index in [9.17, 15) is 0 Å². The number of nitrogens with zero attached hydrogens (tertiary/aromatic N) is 1. The molecule has 20 heavy (non-hydrogen) atoms. The highest BCUT2D eigenvalue weighted by Crippen LogP contribution is 2.30. The third-order valence-electron chi connectivity index (χ3n) is 3.69. The van der Waals surface area contributed by atoms with Crippen LogP contribution in [-0.2, 0) is 11.3 Å². The molecule has 1 heterocycles. The van der Waals surface area contributed by atoms with E-state index in [1.54, 1.807) is 0 Å². The molecule has 0 spiro atoms. The third-order valence-corrected chi connectivity index (χ3v) is 4.32. The van der Waals surface area contributed by atoms with Gasteiger partial charge in [-0.05, 0) is 60.4 Å². The first-order valence-electron chi connectivity index (χ1n) is 7.49. The number of rotatable bonds is 5. The molecule has 1 N–H and O–H groups in total. The molecular weight excluding hydrogens is 316 g/mol. The van der Waals surface area contributed by atoms with Crippen LogP contribution in [0.3, 0.4) is 0 Å². The number of morpholine rings is 1. The summed E-state index contributed by atoms with van der Waals surface area (Å²) in [5.74, 6) is 0. The molecule has 1 aliphatic rings. The predicted molar refractivity (Wildman–Crippen MR) is 88.4 cm³/mol. The van der Waals surface area contributed by atoms with Crippen molar-refractivity contribution in [2.24, 2.45) is 0 Å². The lowest BCUT2D eigenvalue weighted by Gasteiger charge is -2.39. The minimum Gasteiger partial charge on any atom is -0.375 e. The van der Waals surface area contributed by atoms with Crippen LogP contribution in [0, 0.1) is 0 Å². The van der Waals surface area contributed by atoms with Crippen LogP contribution in [0.25, 0.3) is 0 Å². The zero-order valence-corrected chi connectivity index (χ0v) is 14.2. The van der Waals surface area contributed by atoms with Crippen LogP contribution in [0.2, 0.25) is 0 Å². The van der Waals surface area contributed by atoms with Gasteiger partial charge in [-0.2, -0.15) is 0 Å². The van der Waals surface area contributed by atoms with E-state index in [1.165, 1.54) is 22.1 Å². The monoisotopic (exact) mass is 340 g/mol. The van der Waals surface area contributed by atoms with Gasteiger partial charge < -0.3 is 15.0 Å². The van der Waals surface area contributed by atoms with Crippen molar-refractivity contribution in [2.75, 3.05) is 24.6 Å². The van der Waals surface area contributed by atoms with Gasteiger partial charge >= 0.3 is 0 Å². The Labute approximate surface area is 130 Å². The zero-order chi connectivity index (χ0) is 14.5. The molecule has 0 aliphatic carbocycles. The molecule has 3 nitrogen and oxygen atoms in total. The third kappa shape index (κ3) is 3.96. The van der Waals surface area contributed by atoms with Crippen LogP contribution >= 0.6 is 15.9 Å². The van der Waals surface area contributed by atoms with Gasteiger partial charge in [-0.1, -0.05) is 13.0 Å². The molecule has 1 saturated heterocycles. The molecule has 0 aromatic heterocycles. The quantitative estimate of drug-likeness (QED) is 0.829. The standard InChI is InChI=1S/C16H25BrN2O/c1-4-7-18-9-14-5-6-16(15(17)8-14)19-10-13(3)20-11-12(19)2/h5-6,8,12-13,18H,4,7,9-11H2,1-3H3. The highest BCUT2D eigenvalue weighted by atomic mass is 79.9. The Hall–Kier alpha value is -0.580. The van der Waals surface area contributed by atoms with Gasteiger partial charge in [-0.3, -0.25) is 0 Å². The summed E-state index contributed by atoms with van der Waals surface area (Å²) in [4.78, 5) is 2.43. The molecule has 1 aromatic rings. The van der Waals surface area contributed by atoms with Crippen molar-refractivity contribution in [3.63, 3.8) is 0 Å². The van der Waals surface area contributed by atoms with E-state index in [0.717, 1.165) is 26.2 Å². The first-order valence-corrected chi connectivity index (χ1v) is 8.28. The number of hydrogen-bond acceptors (Lipinski definition) is 3. The molecule has 1 fully saturated rings. The lowest BCUT2D eigenvalue weighted by Crippen LogP contribution is -2.47. The first-order chi connectivity index (χ1) is 9.61. The highest BCUT2D eigenvalue weighted by Gasteiger charge is 2.24. The lowest BCUT2D eigenvalue weighted by molar-refractivity contribution is 0.0343. The summed E-state index contributed by atoms with van der Waals surface area (Å²) in [6.45, 7) is 10.3. The van der Waals surface area contributed by atoms with Crippen molar-refractivity contribution >= 4 is 21.6 Å². The second-order valence-corrected chi connectivity index (χ2v) is 6.46. The summed E-state index contributed by atoms with van der Waals surface area (Å²) in [7, 11) is 0. The SMILES string of the molecule is CCCNCc1ccc(N2CC(C)OCC2C)c(Br)c1. The Kier molecular flexibility index (Phi) is 5.87. The topological polar surface area (TPSA) is 24.5 Å². The van der Waals surface area contributed by atoms with Crippen LogP contribution in [0.4, 0.5) is 5.69 Å². The second kappa shape index (κ2) is 7.43. The molecule has 0 bridgehead atoms. The lowest BCUT2D eigenvalue weighted by atomic mass is 10.1. The average molecular weight is 341 g/mol. The summed E-state index contributed by atoms with van der Waals surface area (Å²) >= 11 is 3.73. The molecule has 1 aromatic carbocycles. The highest BCUT2D eigenvalue weighted by molar-refractivity contribution is 9.10. The van der Waals surface area contributed by atoms with Crippen LogP contribution in [0.1, 0.15) is 32.8 Å². The summed E-state index contributed by atoms with van der Waals surface area (Å²) in [6.07, 6.45) is 1.46. The van der Waals surface area contributed by atoms with Gasteiger partial charge in [0.2, 0.25) is 0 Å². The minimum atomic E-state index is 0.295. The number of anilines is 1. The molecule has 2 atom stereocenters. The molecule has 1 aliphatic heterocycles. The molecule has 2 rings (SSSR count). The summed E-state index contributed by atoms with van der Waals surface area (Å²) < 4.78 is 6.88. The van der Waals surface area contributed by atoms with E-state index in [2.05, 4.69) is 65.1 Å². The van der Waals surface area contributed by atoms with Crippen molar-refractivity contribution in [3.8, 4) is 0 Å². The van der Waals surface area contributed by atoms with E-state index in [0.29, 0.717) is 12.1 Å². The second-order valence-electron chi connectivity index (χ2n) is 5.61. The molecule has 0 radical (unpaired) electrons. The first kappa shape index (κ1) is 15.8. The maximum atomic E-state index is 5.70. The molecule has 0 amide bonds. The van der Waals surface area contributed by atoms with Crippen molar-refractivity contribution in [1.29, 1.82) is 0 Å². The number of halogens is 1. The fourth-order valence-corrected chi connectivity index (χ4v) is 3.20. The Morgan fingerprint density at radius 1 is 1.40 bits per heavy atom. The molecule has 2 unspecified atom stereocenters. The van der Waals surface area contributed by atoms with Crippen molar-refractivity contribution < 1.29 is 4.74 Å². The molecule has 4 heteroatoms. The van der Waals surface area contributed by atoms with Gasteiger partial charge in [0.25, 0.3) is 0 Å². The maximum Gasteiger partial charge on any atom is 0.0723 e. The fourth-order valence-electron chi connectivity index (χ4n) is 2.54. The largest absolute Gasteiger partial charge is 0.375 e. The fraction of sp³-hybridized carbons (Fsp3) is 0.625. The molecule has 0 saturated carbocycles. The Bertz CT molecular complexity index is 438. The molecule has 112 valence electrons. The van der Waals surface area contributed by atoms with Crippen molar-refractivity contribution in [2.45, 2.75) is 45.9 Å². The summed E-state index contributed by atoms with van der Waals surface area (Å²) in [6, 6.07) is 7.09. The number of hydrogen-bond donors (Lipinski definition) is 1. The Morgan fingerprint density at radius 2 is 2.20 bits per heavy atom. The number of ether oxygens (including phenoxy) is 1. The van der Waals surface area contributed by atoms with E-state index in [1.807, 2.05) is 0 Å². The predicted octanol–water partition coefficient (Wildman–Crippen LogP) is 3.56. The van der Waals surface area contributed by atoms with Gasteiger partial charge in [0.1, 0.15) is 0 Å². The number of benzene rings is 1. The van der Waals surface area contributed by atoms with Crippen LogP contribution < -0.4 is 10.2 Å². The van der Waals surface area contributed by atoms with Crippen molar-refractivity contribution in [1.82, 2.24) is 5.32 Å². The van der Waals surface area contributed by atoms with Crippen molar-refractivity contribution in [3.05, 3.63) is 28.2 Å². The Morgan fingerprint density at radius 3 is 2.90 bits per heavy atom. The summed E-state index contributed by atoms with van der Waals surface area (Å²) in [5, 5.41) is 3.44. The summed E-state index contributed by atoms with van der Waals surface area (Å²) in [5.41, 5.74) is 2.59. The van der Waals surface area contributed by atoms with E-state index in [4.69, 9.17) is 4.74 Å². The van der Waals surface area contributed by atoms with Crippen LogP contribution in [-0.4, -0.2) is 31.8 Å². The Balaban J connectivity index is 2.08. The minimum absolute atomic E-state index is 0.295. The average Bonchev–Trinajstić information content (AvgIpc) is 2.42. The van der Waals surface area contributed by atoms with Crippen LogP contribution in [0.5, 0.6) is 0 Å². The zero-order valence-electron chi connectivity index (χ0n) is 12.7. The van der Waals surface area contributed by atoms with Gasteiger partial charge in [-0.25, -0.2) is 0 Å². The van der Waals surface area contributed by atoms with Gasteiger partial charge in [-0.15, -0.1) is 0 Å². The van der Waals surface area contributed by atoms with E-state index < -0.39 is 0 Å². The van der Waals surface area contributed by atoms with E-state index >= 15 is 0 Å². The molecular formula is C16H25BrN2O. The van der Waals surface area contributed by atoms with Gasteiger partial charge in [0.15, 0.2) is 0 Å². The normalized spacial score (nSPS) is 23.1. The van der Waals surface area contributed by atoms with Crippen LogP contribution in [0.15, 0.2) is 22.7 Å². The maximum absolute atomic E-state index is 5.70. The smallest absolute Gasteiger partial charge is 0.0723 e. The van der Waals surface area contributed by atoms with Gasteiger partial charge in [0, 0.05) is 23.6 Å². The van der Waals surface area contributed by atoms with Gasteiger partial charge in [0.05, 0.1) is 18.4 Å². The number of nitrogens with one attached hydrogen (secondary N) is 1. The van der Waals surface area contributed by atoms with E-state index in [-0.39, 0.29) is 0 Å².